The van der Waals surface area contributed by atoms with Crippen molar-refractivity contribution in [2.24, 2.45) is 10.4 Å². The summed E-state index contributed by atoms with van der Waals surface area (Å²) >= 11 is 1.55. The third kappa shape index (κ3) is 4.05. The molecule has 1 aromatic rings. The van der Waals surface area contributed by atoms with E-state index in [1.807, 2.05) is 24.4 Å². The molecule has 0 radical (unpaired) electrons. The molecule has 3 N–H and O–H groups in total. The summed E-state index contributed by atoms with van der Waals surface area (Å²) in [6, 6.07) is 4.18. The summed E-state index contributed by atoms with van der Waals surface area (Å²) in [7, 11) is 3.51. The van der Waals surface area contributed by atoms with Crippen LogP contribution in [0.2, 0.25) is 0 Å². The van der Waals surface area contributed by atoms with Gasteiger partial charge in [0.15, 0.2) is 5.96 Å². The number of hydrogen-bond acceptors (Lipinski definition) is 4. The predicted octanol–water partition coefficient (Wildman–Crippen LogP) is 2.94. The van der Waals surface area contributed by atoms with Crippen molar-refractivity contribution in [3.63, 3.8) is 0 Å². The van der Waals surface area contributed by atoms with E-state index in [0.717, 1.165) is 11.3 Å². The lowest BCUT2D eigenvalue weighted by molar-refractivity contribution is -0.176. The van der Waals surface area contributed by atoms with Crippen LogP contribution in [0.3, 0.4) is 0 Å². The fourth-order valence-corrected chi connectivity index (χ4v) is 3.80. The van der Waals surface area contributed by atoms with Crippen molar-refractivity contribution in [3.8, 4) is 0 Å². The van der Waals surface area contributed by atoms with Crippen molar-refractivity contribution < 1.29 is 9.84 Å². The molecule has 0 aromatic carbocycles. The maximum atomic E-state index is 10.6. The first-order valence-electron chi connectivity index (χ1n) is 7.95. The van der Waals surface area contributed by atoms with Gasteiger partial charge in [0.05, 0.1) is 12.1 Å². The van der Waals surface area contributed by atoms with Gasteiger partial charge in [-0.15, -0.1) is 35.3 Å². The summed E-state index contributed by atoms with van der Waals surface area (Å²) in [6.45, 7) is 8.76. The first-order chi connectivity index (χ1) is 10.7. The van der Waals surface area contributed by atoms with Gasteiger partial charge in [0.2, 0.25) is 0 Å². The molecule has 0 bridgehead atoms. The normalized spacial score (nSPS) is 28.3. The summed E-state index contributed by atoms with van der Waals surface area (Å²) in [5.41, 5.74) is -1.02. The number of nitrogens with one attached hydrogen (secondary N) is 2. The van der Waals surface area contributed by atoms with E-state index in [1.165, 1.54) is 0 Å². The van der Waals surface area contributed by atoms with E-state index in [4.69, 9.17) is 4.74 Å². The number of hydrogen-bond donors (Lipinski definition) is 3. The van der Waals surface area contributed by atoms with Crippen LogP contribution in [0.5, 0.6) is 0 Å². The van der Waals surface area contributed by atoms with Crippen molar-refractivity contribution in [1.82, 2.24) is 10.6 Å². The zero-order chi connectivity index (χ0) is 17.3. The first-order valence-corrected chi connectivity index (χ1v) is 8.83. The lowest BCUT2D eigenvalue weighted by atomic mass is 9.56. The monoisotopic (exact) mass is 467 g/mol. The highest BCUT2D eigenvalue weighted by molar-refractivity contribution is 14.0. The van der Waals surface area contributed by atoms with E-state index in [1.54, 1.807) is 25.5 Å². The highest BCUT2D eigenvalue weighted by Crippen LogP contribution is 2.51. The topological polar surface area (TPSA) is 65.9 Å². The van der Waals surface area contributed by atoms with Gasteiger partial charge in [-0.3, -0.25) is 4.99 Å². The number of thiophene rings is 1. The molecule has 1 saturated carbocycles. The molecule has 3 unspecified atom stereocenters. The molecular formula is C17H30IN3O2S. The second-order valence-electron chi connectivity index (χ2n) is 7.23. The Kier molecular flexibility index (Phi) is 7.12. The number of aliphatic imine (C=N–C) groups is 1. The van der Waals surface area contributed by atoms with Gasteiger partial charge in [-0.1, -0.05) is 19.9 Å². The smallest absolute Gasteiger partial charge is 0.191 e. The fraction of sp³-hybridized carbons (Fsp3) is 0.706. The van der Waals surface area contributed by atoms with Crippen LogP contribution >= 0.6 is 35.3 Å². The summed E-state index contributed by atoms with van der Waals surface area (Å²) in [5, 5.41) is 19.3. The maximum Gasteiger partial charge on any atom is 0.191 e. The standard InChI is InChI=1S/C17H29N3O2S.HI/c1-15(2)12(10-17(15,4)22-6)20-14(18-5)19-11-16(3,21)13-8-7-9-23-13;/h7-9,12,21H,10-11H2,1-6H3,(H2,18,19,20);1H. The van der Waals surface area contributed by atoms with Gasteiger partial charge in [0.25, 0.3) is 0 Å². The Balaban J connectivity index is 0.00000288. The largest absolute Gasteiger partial charge is 0.383 e. The van der Waals surface area contributed by atoms with E-state index >= 15 is 0 Å². The van der Waals surface area contributed by atoms with Gasteiger partial charge in [0, 0.05) is 30.5 Å². The third-order valence-corrected chi connectivity index (χ3v) is 6.59. The third-order valence-electron chi connectivity index (χ3n) is 5.46. The van der Waals surface area contributed by atoms with Crippen LogP contribution in [0.15, 0.2) is 22.5 Å². The molecule has 1 aliphatic rings. The molecule has 1 aromatic heterocycles. The van der Waals surface area contributed by atoms with E-state index < -0.39 is 5.60 Å². The van der Waals surface area contributed by atoms with Crippen LogP contribution in [-0.4, -0.2) is 43.4 Å². The van der Waals surface area contributed by atoms with Crippen LogP contribution in [-0.2, 0) is 10.3 Å². The Morgan fingerprint density at radius 2 is 2.17 bits per heavy atom. The average Bonchev–Trinajstić information content (AvgIpc) is 3.05. The minimum Gasteiger partial charge on any atom is -0.383 e. The van der Waals surface area contributed by atoms with E-state index in [0.29, 0.717) is 12.5 Å². The lowest BCUT2D eigenvalue weighted by Gasteiger charge is -2.59. The number of halogens is 1. The summed E-state index contributed by atoms with van der Waals surface area (Å²) < 4.78 is 5.66. The van der Waals surface area contributed by atoms with Gasteiger partial charge in [-0.2, -0.15) is 0 Å². The average molecular weight is 467 g/mol. The Labute approximate surface area is 166 Å². The summed E-state index contributed by atoms with van der Waals surface area (Å²) in [5.74, 6) is 0.707. The van der Waals surface area contributed by atoms with Crippen LogP contribution in [0.4, 0.5) is 0 Å². The first kappa shape index (κ1) is 21.7. The number of rotatable bonds is 5. The molecule has 0 saturated heterocycles. The Hall–Kier alpha value is -0.380. The molecule has 1 fully saturated rings. The van der Waals surface area contributed by atoms with Crippen molar-refractivity contribution in [2.45, 2.75) is 51.4 Å². The number of aliphatic hydroxyl groups is 1. The molecule has 24 heavy (non-hydrogen) atoms. The molecule has 3 atom stereocenters. The predicted molar refractivity (Wildman–Crippen MR) is 111 cm³/mol. The Morgan fingerprint density at radius 3 is 2.62 bits per heavy atom. The van der Waals surface area contributed by atoms with Gasteiger partial charge in [0.1, 0.15) is 5.60 Å². The summed E-state index contributed by atoms with van der Waals surface area (Å²) in [6.07, 6.45) is 0.929. The molecular weight excluding hydrogens is 437 g/mol. The van der Waals surface area contributed by atoms with Crippen LogP contribution < -0.4 is 10.6 Å². The lowest BCUT2D eigenvalue weighted by Crippen LogP contribution is -2.69. The zero-order valence-corrected chi connectivity index (χ0v) is 18.5. The van der Waals surface area contributed by atoms with E-state index in [-0.39, 0.29) is 41.0 Å². The summed E-state index contributed by atoms with van der Waals surface area (Å²) in [4.78, 5) is 5.22. The molecule has 138 valence electrons. The molecule has 2 rings (SSSR count). The quantitative estimate of drug-likeness (QED) is 0.354. The van der Waals surface area contributed by atoms with Gasteiger partial charge in [-0.25, -0.2) is 0 Å². The van der Waals surface area contributed by atoms with E-state index in [9.17, 15) is 5.11 Å². The van der Waals surface area contributed by atoms with Gasteiger partial charge >= 0.3 is 0 Å². The Morgan fingerprint density at radius 1 is 1.50 bits per heavy atom. The second kappa shape index (κ2) is 7.88. The van der Waals surface area contributed by atoms with Crippen LogP contribution in [0, 0.1) is 5.41 Å². The van der Waals surface area contributed by atoms with Gasteiger partial charge in [-0.05, 0) is 31.7 Å². The van der Waals surface area contributed by atoms with E-state index in [2.05, 4.69) is 36.4 Å². The fourth-order valence-electron chi connectivity index (χ4n) is 3.01. The van der Waals surface area contributed by atoms with Crippen molar-refractivity contribution in [1.29, 1.82) is 0 Å². The Bertz CT molecular complexity index is 560. The molecule has 7 heteroatoms. The van der Waals surface area contributed by atoms with Crippen LogP contribution in [0.1, 0.15) is 39.0 Å². The second-order valence-corrected chi connectivity index (χ2v) is 8.18. The SMILES string of the molecule is CN=C(NCC(C)(O)c1cccs1)NC1CC(C)(OC)C1(C)C.I. The number of ether oxygens (including phenoxy) is 1. The van der Waals surface area contributed by atoms with Crippen molar-refractivity contribution in [2.75, 3.05) is 20.7 Å². The minimum absolute atomic E-state index is 0. The van der Waals surface area contributed by atoms with Gasteiger partial charge < -0.3 is 20.5 Å². The minimum atomic E-state index is -0.915. The number of guanidine groups is 1. The van der Waals surface area contributed by atoms with Crippen molar-refractivity contribution >= 4 is 41.3 Å². The molecule has 0 spiro atoms. The number of methoxy groups -OCH3 is 1. The molecule has 1 aliphatic carbocycles. The highest BCUT2D eigenvalue weighted by atomic mass is 127. The molecule has 0 aliphatic heterocycles. The maximum absolute atomic E-state index is 10.6. The highest BCUT2D eigenvalue weighted by Gasteiger charge is 2.58. The zero-order valence-electron chi connectivity index (χ0n) is 15.3. The van der Waals surface area contributed by atoms with Crippen LogP contribution in [0.25, 0.3) is 0 Å². The van der Waals surface area contributed by atoms with Crippen molar-refractivity contribution in [3.05, 3.63) is 22.4 Å². The molecule has 5 nitrogen and oxygen atoms in total. The number of nitrogens with zero attached hydrogens (tertiary/aromatic N) is 1. The molecule has 1 heterocycles. The molecule has 0 amide bonds.